The predicted octanol–water partition coefficient (Wildman–Crippen LogP) is 2.65. The van der Waals surface area contributed by atoms with Gasteiger partial charge < -0.3 is 10.2 Å². The Kier molecular flexibility index (Phi) is 6.54. The van der Waals surface area contributed by atoms with Crippen LogP contribution in [0.25, 0.3) is 0 Å². The number of hydrogen-bond donors (Lipinski definition) is 1. The number of likely N-dealkylation sites (tertiary alicyclic amines) is 1. The van der Waals surface area contributed by atoms with Crippen molar-refractivity contribution in [1.82, 2.24) is 20.0 Å². The molecule has 0 unspecified atom stereocenters. The van der Waals surface area contributed by atoms with Crippen LogP contribution < -0.4 is 5.32 Å². The van der Waals surface area contributed by atoms with Gasteiger partial charge >= 0.3 is 0 Å². The lowest BCUT2D eigenvalue weighted by molar-refractivity contribution is 0.194. The second-order valence-electron chi connectivity index (χ2n) is 5.90. The van der Waals surface area contributed by atoms with Crippen molar-refractivity contribution in [3.8, 4) is 0 Å². The SMILES string of the molecule is CCCCN1CCC(NCc2ccnn2CCC)CC1. The van der Waals surface area contributed by atoms with E-state index in [1.54, 1.807) is 0 Å². The smallest absolute Gasteiger partial charge is 0.0522 e. The Morgan fingerprint density at radius 2 is 2.00 bits per heavy atom. The van der Waals surface area contributed by atoms with Gasteiger partial charge in [-0.25, -0.2) is 0 Å². The van der Waals surface area contributed by atoms with E-state index in [-0.39, 0.29) is 0 Å². The standard InChI is InChI=1S/C16H30N4/c1-3-5-11-19-12-7-15(8-13-19)17-14-16-6-9-18-20(16)10-4-2/h6,9,15,17H,3-5,7-8,10-14H2,1-2H3. The molecule has 0 bridgehead atoms. The van der Waals surface area contributed by atoms with Gasteiger partial charge in [-0.3, -0.25) is 4.68 Å². The highest BCUT2D eigenvalue weighted by atomic mass is 15.3. The third kappa shape index (κ3) is 4.60. The first-order chi connectivity index (χ1) is 9.83. The summed E-state index contributed by atoms with van der Waals surface area (Å²) in [5.41, 5.74) is 1.32. The number of nitrogens with one attached hydrogen (secondary N) is 1. The first kappa shape index (κ1) is 15.5. The Labute approximate surface area is 123 Å². The van der Waals surface area contributed by atoms with E-state index in [1.165, 1.54) is 51.0 Å². The zero-order chi connectivity index (χ0) is 14.2. The van der Waals surface area contributed by atoms with Crippen molar-refractivity contribution in [2.24, 2.45) is 0 Å². The summed E-state index contributed by atoms with van der Waals surface area (Å²) in [6.45, 7) is 10.3. The van der Waals surface area contributed by atoms with Gasteiger partial charge in [0.25, 0.3) is 0 Å². The summed E-state index contributed by atoms with van der Waals surface area (Å²) in [4.78, 5) is 2.61. The van der Waals surface area contributed by atoms with Gasteiger partial charge in [0.2, 0.25) is 0 Å². The molecule has 0 radical (unpaired) electrons. The van der Waals surface area contributed by atoms with Gasteiger partial charge in [0.1, 0.15) is 0 Å². The fourth-order valence-electron chi connectivity index (χ4n) is 2.91. The van der Waals surface area contributed by atoms with Crippen LogP contribution in [0.5, 0.6) is 0 Å². The van der Waals surface area contributed by atoms with Gasteiger partial charge in [-0.1, -0.05) is 20.3 Å². The fourth-order valence-corrected chi connectivity index (χ4v) is 2.91. The van der Waals surface area contributed by atoms with E-state index in [1.807, 2.05) is 6.20 Å². The summed E-state index contributed by atoms with van der Waals surface area (Å²) < 4.78 is 2.13. The molecule has 0 atom stereocenters. The van der Waals surface area contributed by atoms with Crippen LogP contribution in [0.2, 0.25) is 0 Å². The summed E-state index contributed by atoms with van der Waals surface area (Å²) in [5.74, 6) is 0. The number of unbranched alkanes of at least 4 members (excludes halogenated alkanes) is 1. The van der Waals surface area contributed by atoms with Crippen molar-refractivity contribution in [1.29, 1.82) is 0 Å². The fraction of sp³-hybridized carbons (Fsp3) is 0.812. The van der Waals surface area contributed by atoms with Crippen LogP contribution in [0.15, 0.2) is 12.3 Å². The van der Waals surface area contributed by atoms with Crippen molar-refractivity contribution in [2.45, 2.75) is 65.1 Å². The molecule has 1 N–H and O–H groups in total. The molecule has 0 aliphatic carbocycles. The highest BCUT2D eigenvalue weighted by molar-refractivity contribution is 5.00. The average Bonchev–Trinajstić information content (AvgIpc) is 2.92. The van der Waals surface area contributed by atoms with Gasteiger partial charge in [-0.05, 0) is 51.4 Å². The Balaban J connectivity index is 1.69. The lowest BCUT2D eigenvalue weighted by Gasteiger charge is -2.32. The normalized spacial score (nSPS) is 17.7. The van der Waals surface area contributed by atoms with E-state index in [0.29, 0.717) is 6.04 Å². The summed E-state index contributed by atoms with van der Waals surface area (Å²) in [6.07, 6.45) is 8.27. The van der Waals surface area contributed by atoms with Crippen LogP contribution in [-0.2, 0) is 13.1 Å². The molecular formula is C16H30N4. The van der Waals surface area contributed by atoms with Crippen LogP contribution in [0.4, 0.5) is 0 Å². The Morgan fingerprint density at radius 3 is 2.70 bits per heavy atom. The van der Waals surface area contributed by atoms with E-state index >= 15 is 0 Å². The molecule has 1 aliphatic heterocycles. The molecule has 1 aromatic rings. The third-order valence-electron chi connectivity index (χ3n) is 4.23. The van der Waals surface area contributed by atoms with E-state index in [9.17, 15) is 0 Å². The highest BCUT2D eigenvalue weighted by Crippen LogP contribution is 2.12. The maximum atomic E-state index is 4.38. The van der Waals surface area contributed by atoms with Crippen LogP contribution in [0, 0.1) is 0 Å². The van der Waals surface area contributed by atoms with E-state index < -0.39 is 0 Å². The second-order valence-corrected chi connectivity index (χ2v) is 5.90. The lowest BCUT2D eigenvalue weighted by atomic mass is 10.0. The van der Waals surface area contributed by atoms with E-state index in [2.05, 4.69) is 39.9 Å². The zero-order valence-electron chi connectivity index (χ0n) is 13.1. The van der Waals surface area contributed by atoms with E-state index in [4.69, 9.17) is 0 Å². The molecule has 0 amide bonds. The lowest BCUT2D eigenvalue weighted by Crippen LogP contribution is -2.42. The van der Waals surface area contributed by atoms with Crippen molar-refractivity contribution in [3.63, 3.8) is 0 Å². The summed E-state index contributed by atoms with van der Waals surface area (Å²) >= 11 is 0. The minimum atomic E-state index is 0.679. The number of rotatable bonds is 8. The van der Waals surface area contributed by atoms with Gasteiger partial charge in [0, 0.05) is 25.3 Å². The Morgan fingerprint density at radius 1 is 1.20 bits per heavy atom. The molecule has 114 valence electrons. The maximum absolute atomic E-state index is 4.38. The monoisotopic (exact) mass is 278 g/mol. The topological polar surface area (TPSA) is 33.1 Å². The van der Waals surface area contributed by atoms with Crippen molar-refractivity contribution in [3.05, 3.63) is 18.0 Å². The van der Waals surface area contributed by atoms with Crippen LogP contribution >= 0.6 is 0 Å². The maximum Gasteiger partial charge on any atom is 0.0522 e. The minimum Gasteiger partial charge on any atom is -0.308 e. The zero-order valence-corrected chi connectivity index (χ0v) is 13.1. The van der Waals surface area contributed by atoms with Crippen LogP contribution in [0.3, 0.4) is 0 Å². The van der Waals surface area contributed by atoms with Crippen LogP contribution in [-0.4, -0.2) is 40.4 Å². The first-order valence-corrected chi connectivity index (χ1v) is 8.30. The molecule has 2 heterocycles. The molecule has 4 heteroatoms. The van der Waals surface area contributed by atoms with Crippen LogP contribution in [0.1, 0.15) is 51.6 Å². The summed E-state index contributed by atoms with van der Waals surface area (Å²) in [6, 6.07) is 2.82. The molecule has 2 rings (SSSR count). The van der Waals surface area contributed by atoms with Crippen molar-refractivity contribution >= 4 is 0 Å². The molecule has 1 aliphatic rings. The largest absolute Gasteiger partial charge is 0.308 e. The quantitative estimate of drug-likeness (QED) is 0.793. The van der Waals surface area contributed by atoms with Crippen molar-refractivity contribution < 1.29 is 0 Å². The molecule has 1 fully saturated rings. The van der Waals surface area contributed by atoms with Gasteiger partial charge in [0.15, 0.2) is 0 Å². The van der Waals surface area contributed by atoms with Gasteiger partial charge in [0.05, 0.1) is 5.69 Å². The number of piperidine rings is 1. The Bertz CT molecular complexity index is 366. The summed E-state index contributed by atoms with van der Waals surface area (Å²) in [7, 11) is 0. The molecule has 4 nitrogen and oxygen atoms in total. The third-order valence-corrected chi connectivity index (χ3v) is 4.23. The summed E-state index contributed by atoms with van der Waals surface area (Å²) in [5, 5.41) is 8.10. The van der Waals surface area contributed by atoms with Gasteiger partial charge in [-0.15, -0.1) is 0 Å². The second kappa shape index (κ2) is 8.42. The predicted molar refractivity (Wildman–Crippen MR) is 83.7 cm³/mol. The van der Waals surface area contributed by atoms with E-state index in [0.717, 1.165) is 19.5 Å². The molecule has 1 saturated heterocycles. The molecule has 0 aromatic carbocycles. The highest BCUT2D eigenvalue weighted by Gasteiger charge is 2.18. The number of nitrogens with zero attached hydrogens (tertiary/aromatic N) is 3. The first-order valence-electron chi connectivity index (χ1n) is 8.30. The van der Waals surface area contributed by atoms with Crippen molar-refractivity contribution in [2.75, 3.05) is 19.6 Å². The van der Waals surface area contributed by atoms with Gasteiger partial charge in [-0.2, -0.15) is 5.10 Å². The number of aromatic nitrogens is 2. The molecular weight excluding hydrogens is 248 g/mol. The number of hydrogen-bond acceptors (Lipinski definition) is 3. The minimum absolute atomic E-state index is 0.679. The average molecular weight is 278 g/mol. The molecule has 0 spiro atoms. The Hall–Kier alpha value is -0.870. The molecule has 0 saturated carbocycles. The molecule has 20 heavy (non-hydrogen) atoms. The molecule has 1 aromatic heterocycles. The number of aryl methyl sites for hydroxylation is 1.